The van der Waals surface area contributed by atoms with Crippen molar-refractivity contribution in [2.24, 2.45) is 0 Å². The van der Waals surface area contributed by atoms with Crippen molar-refractivity contribution in [3.05, 3.63) is 12.2 Å². The van der Waals surface area contributed by atoms with Gasteiger partial charge in [0.15, 0.2) is 9.84 Å². The van der Waals surface area contributed by atoms with Gasteiger partial charge in [0.1, 0.15) is 0 Å². The molecule has 0 fully saturated rings. The summed E-state index contributed by atoms with van der Waals surface area (Å²) in [4.78, 5) is 10.9. The van der Waals surface area contributed by atoms with E-state index in [0.29, 0.717) is 6.61 Å². The van der Waals surface area contributed by atoms with Crippen molar-refractivity contribution in [3.63, 3.8) is 0 Å². The predicted molar refractivity (Wildman–Crippen MR) is 54.7 cm³/mol. The van der Waals surface area contributed by atoms with Gasteiger partial charge < -0.3 is 4.74 Å². The normalized spacial score (nSPS) is 11.9. The summed E-state index contributed by atoms with van der Waals surface area (Å²) in [5, 5.41) is 0. The first-order chi connectivity index (χ1) is 6.45. The minimum absolute atomic E-state index is 0.129. The third-order valence-electron chi connectivity index (χ3n) is 1.40. The van der Waals surface area contributed by atoms with Gasteiger partial charge in [0, 0.05) is 12.3 Å². The second-order valence-electron chi connectivity index (χ2n) is 3.02. The lowest BCUT2D eigenvalue weighted by molar-refractivity contribution is -0.137. The smallest absolute Gasteiger partial charge is 0.330 e. The van der Waals surface area contributed by atoms with Gasteiger partial charge in [-0.3, -0.25) is 0 Å². The van der Waals surface area contributed by atoms with E-state index in [0.717, 1.165) is 25.2 Å². The van der Waals surface area contributed by atoms with Gasteiger partial charge in [-0.15, -0.1) is 0 Å². The van der Waals surface area contributed by atoms with Crippen LogP contribution in [0.5, 0.6) is 0 Å². The number of hydrogen-bond donors (Lipinski definition) is 0. The van der Waals surface area contributed by atoms with E-state index in [2.05, 4.69) is 0 Å². The van der Waals surface area contributed by atoms with Crippen molar-refractivity contribution in [3.8, 4) is 0 Å². The highest BCUT2D eigenvalue weighted by Gasteiger charge is 1.99. The molecule has 0 bridgehead atoms. The number of hydrogen-bond acceptors (Lipinski definition) is 4. The highest BCUT2D eigenvalue weighted by molar-refractivity contribution is 7.90. The summed E-state index contributed by atoms with van der Waals surface area (Å²) in [6.07, 6.45) is 5.34. The molecule has 0 N–H and O–H groups in total. The third-order valence-corrected chi connectivity index (χ3v) is 2.19. The van der Waals surface area contributed by atoms with Gasteiger partial charge in [0.05, 0.1) is 12.4 Å². The van der Waals surface area contributed by atoms with Gasteiger partial charge in [-0.2, -0.15) is 0 Å². The van der Waals surface area contributed by atoms with Crippen LogP contribution in [0, 0.1) is 0 Å². The van der Waals surface area contributed by atoms with Crippen LogP contribution in [-0.2, 0) is 19.4 Å². The van der Waals surface area contributed by atoms with Crippen molar-refractivity contribution < 1.29 is 17.9 Å². The second kappa shape index (κ2) is 6.59. The molecule has 0 aliphatic carbocycles. The molecule has 14 heavy (non-hydrogen) atoms. The molecule has 0 saturated heterocycles. The van der Waals surface area contributed by atoms with E-state index in [1.54, 1.807) is 0 Å². The lowest BCUT2D eigenvalue weighted by atomic mass is 10.4. The zero-order chi connectivity index (χ0) is 11.0. The number of sulfone groups is 1. The van der Waals surface area contributed by atoms with E-state index in [1.165, 1.54) is 6.08 Å². The Morgan fingerprint density at radius 1 is 1.43 bits per heavy atom. The van der Waals surface area contributed by atoms with Crippen LogP contribution < -0.4 is 0 Å². The fourth-order valence-corrected chi connectivity index (χ4v) is 1.13. The number of carbonyl (C=O) groups excluding carboxylic acids is 1. The van der Waals surface area contributed by atoms with E-state index < -0.39 is 15.8 Å². The highest BCUT2D eigenvalue weighted by atomic mass is 32.2. The summed E-state index contributed by atoms with van der Waals surface area (Å²) in [6, 6.07) is 0. The molecule has 0 aromatic rings. The van der Waals surface area contributed by atoms with Crippen LogP contribution in [0.25, 0.3) is 0 Å². The minimum atomic E-state index is -3.04. The topological polar surface area (TPSA) is 60.4 Å². The van der Waals surface area contributed by atoms with E-state index in [-0.39, 0.29) is 5.75 Å². The van der Waals surface area contributed by atoms with Crippen molar-refractivity contribution in [1.29, 1.82) is 0 Å². The van der Waals surface area contributed by atoms with E-state index in [9.17, 15) is 13.2 Å². The fourth-order valence-electron chi connectivity index (χ4n) is 0.684. The summed E-state index contributed by atoms with van der Waals surface area (Å²) < 4.78 is 26.1. The lowest BCUT2D eigenvalue weighted by Gasteiger charge is -1.98. The molecule has 5 heteroatoms. The summed E-state index contributed by atoms with van der Waals surface area (Å²) in [6.45, 7) is 2.38. The van der Waals surface area contributed by atoms with Crippen molar-refractivity contribution >= 4 is 15.8 Å². The maximum Gasteiger partial charge on any atom is 0.330 e. The van der Waals surface area contributed by atoms with E-state index >= 15 is 0 Å². The Kier molecular flexibility index (Phi) is 6.19. The second-order valence-corrected chi connectivity index (χ2v) is 5.20. The molecule has 0 aromatic carbocycles. The van der Waals surface area contributed by atoms with E-state index in [4.69, 9.17) is 4.74 Å². The molecule has 82 valence electrons. The lowest BCUT2D eigenvalue weighted by Crippen LogP contribution is -2.04. The SMILES string of the molecule is CCCCOC(=O)C=CCS(C)(=O)=O. The van der Waals surface area contributed by atoms with Crippen LogP contribution in [0.3, 0.4) is 0 Å². The molecule has 4 nitrogen and oxygen atoms in total. The standard InChI is InChI=1S/C9H16O4S/c1-3-4-7-13-9(10)6-5-8-14(2,11)12/h5-6H,3-4,7-8H2,1-2H3. The molecule has 0 aliphatic rings. The monoisotopic (exact) mass is 220 g/mol. The molecule has 0 atom stereocenters. The average molecular weight is 220 g/mol. The van der Waals surface area contributed by atoms with Crippen LogP contribution in [-0.4, -0.2) is 33.0 Å². The largest absolute Gasteiger partial charge is 0.463 e. The molecule has 0 aromatic heterocycles. The van der Waals surface area contributed by atoms with Crippen molar-refractivity contribution in [2.45, 2.75) is 19.8 Å². The summed E-state index contributed by atoms with van der Waals surface area (Å²) in [5.41, 5.74) is 0. The number of esters is 1. The van der Waals surface area contributed by atoms with Crippen LogP contribution in [0.15, 0.2) is 12.2 Å². The Bertz CT molecular complexity index is 290. The van der Waals surface area contributed by atoms with Crippen LogP contribution in [0.1, 0.15) is 19.8 Å². The molecule has 0 unspecified atom stereocenters. The Balaban J connectivity index is 3.72. The molecule has 0 amide bonds. The van der Waals surface area contributed by atoms with Gasteiger partial charge in [0.2, 0.25) is 0 Å². The first kappa shape index (κ1) is 13.2. The molecule has 0 aliphatic heterocycles. The summed E-state index contributed by atoms with van der Waals surface area (Å²) >= 11 is 0. The van der Waals surface area contributed by atoms with Gasteiger partial charge in [0.25, 0.3) is 0 Å². The number of unbranched alkanes of at least 4 members (excludes halogenated alkanes) is 1. The van der Waals surface area contributed by atoms with Gasteiger partial charge >= 0.3 is 5.97 Å². The van der Waals surface area contributed by atoms with Gasteiger partial charge in [-0.25, -0.2) is 13.2 Å². The highest BCUT2D eigenvalue weighted by Crippen LogP contribution is 1.91. The Labute approximate surface area is 84.9 Å². The molecular weight excluding hydrogens is 204 g/mol. The number of ether oxygens (including phenoxy) is 1. The van der Waals surface area contributed by atoms with Crippen LogP contribution in [0.2, 0.25) is 0 Å². The third kappa shape index (κ3) is 9.25. The number of rotatable bonds is 6. The first-order valence-electron chi connectivity index (χ1n) is 4.46. The maximum atomic E-state index is 10.9. The van der Waals surface area contributed by atoms with Gasteiger partial charge in [-0.1, -0.05) is 19.4 Å². The molecule has 0 saturated carbocycles. The molecule has 0 radical (unpaired) electrons. The quantitative estimate of drug-likeness (QED) is 0.379. The molecule has 0 spiro atoms. The van der Waals surface area contributed by atoms with Crippen LogP contribution >= 0.6 is 0 Å². The Hall–Kier alpha value is -0.840. The summed E-state index contributed by atoms with van der Waals surface area (Å²) in [7, 11) is -3.04. The minimum Gasteiger partial charge on any atom is -0.463 e. The zero-order valence-corrected chi connectivity index (χ0v) is 9.34. The zero-order valence-electron chi connectivity index (χ0n) is 8.52. The molecule has 0 heterocycles. The van der Waals surface area contributed by atoms with E-state index in [1.807, 2.05) is 6.92 Å². The van der Waals surface area contributed by atoms with Gasteiger partial charge in [-0.05, 0) is 6.42 Å². The molecular formula is C9H16O4S. The Morgan fingerprint density at radius 3 is 2.57 bits per heavy atom. The van der Waals surface area contributed by atoms with Crippen molar-refractivity contribution in [1.82, 2.24) is 0 Å². The average Bonchev–Trinajstić information content (AvgIpc) is 2.02. The van der Waals surface area contributed by atoms with Crippen molar-refractivity contribution in [2.75, 3.05) is 18.6 Å². The predicted octanol–water partition coefficient (Wildman–Crippen LogP) is 0.930. The first-order valence-corrected chi connectivity index (χ1v) is 6.53. The summed E-state index contributed by atoms with van der Waals surface area (Å²) in [5.74, 6) is -0.613. The maximum absolute atomic E-state index is 10.9. The number of carbonyl (C=O) groups is 1. The fraction of sp³-hybridized carbons (Fsp3) is 0.667. The van der Waals surface area contributed by atoms with Crippen LogP contribution in [0.4, 0.5) is 0 Å². The Morgan fingerprint density at radius 2 is 2.07 bits per heavy atom. The molecule has 0 rings (SSSR count).